The number of nitriles is 1. The zero-order chi connectivity index (χ0) is 25.8. The minimum Gasteiger partial charge on any atom is -0.395 e. The van der Waals surface area contributed by atoms with Crippen molar-refractivity contribution in [1.29, 1.82) is 5.26 Å². The first-order valence-corrected chi connectivity index (χ1v) is 13.5. The molecule has 2 aliphatic heterocycles. The molecule has 13 heteroatoms. The van der Waals surface area contributed by atoms with Gasteiger partial charge in [-0.3, -0.25) is 4.84 Å². The van der Waals surface area contributed by atoms with Gasteiger partial charge in [0.2, 0.25) is 0 Å². The molecule has 2 aliphatic rings. The topological polar surface area (TPSA) is 145 Å². The Bertz CT molecular complexity index is 1280. The Morgan fingerprint density at radius 3 is 2.97 bits per heavy atom. The molecule has 0 spiro atoms. The Kier molecular flexibility index (Phi) is 8.23. The number of hydrogen-bond acceptors (Lipinski definition) is 12. The Hall–Kier alpha value is -2.73. The van der Waals surface area contributed by atoms with Crippen LogP contribution in [-0.2, 0) is 20.9 Å². The van der Waals surface area contributed by atoms with E-state index in [1.807, 2.05) is 35.7 Å². The van der Waals surface area contributed by atoms with E-state index in [1.165, 1.54) is 34.3 Å². The van der Waals surface area contributed by atoms with Crippen LogP contribution >= 0.6 is 34.7 Å². The second kappa shape index (κ2) is 11.8. The molecule has 0 bridgehead atoms. The van der Waals surface area contributed by atoms with Crippen molar-refractivity contribution in [1.82, 2.24) is 20.5 Å². The van der Waals surface area contributed by atoms with Crippen molar-refractivity contribution in [3.05, 3.63) is 81.7 Å². The van der Waals surface area contributed by atoms with Crippen LogP contribution in [0.3, 0.4) is 0 Å². The second-order valence-electron chi connectivity index (χ2n) is 8.32. The second-order valence-corrected chi connectivity index (χ2v) is 10.8. The maximum absolute atomic E-state index is 9.61. The van der Waals surface area contributed by atoms with Crippen molar-refractivity contribution in [2.45, 2.75) is 41.3 Å². The lowest BCUT2D eigenvalue weighted by Crippen LogP contribution is -2.63. The van der Waals surface area contributed by atoms with Crippen molar-refractivity contribution in [3.8, 4) is 6.07 Å². The average molecular weight is 558 g/mol. The van der Waals surface area contributed by atoms with Crippen molar-refractivity contribution in [2.75, 3.05) is 6.54 Å². The van der Waals surface area contributed by atoms with Gasteiger partial charge in [0.25, 0.3) is 0 Å². The SMILES string of the molecule is N#Cc1ncc(Cl)cc1SC1OC2CNOC2C(N(N)/C=C(\N)c2nccs2)C1OCc1ccccc1. The van der Waals surface area contributed by atoms with E-state index in [0.29, 0.717) is 33.8 Å². The van der Waals surface area contributed by atoms with Crippen LogP contribution in [-0.4, -0.2) is 51.3 Å². The Morgan fingerprint density at radius 1 is 1.38 bits per heavy atom. The van der Waals surface area contributed by atoms with Gasteiger partial charge in [-0.05, 0) is 11.6 Å². The number of hydrazine groups is 1. The van der Waals surface area contributed by atoms with Crippen LogP contribution in [0.5, 0.6) is 0 Å². The molecular weight excluding hydrogens is 534 g/mol. The highest BCUT2D eigenvalue weighted by Gasteiger charge is 2.52. The van der Waals surface area contributed by atoms with E-state index in [1.54, 1.807) is 18.5 Å². The third-order valence-electron chi connectivity index (χ3n) is 5.89. The summed E-state index contributed by atoms with van der Waals surface area (Å²) < 4.78 is 12.9. The number of rotatable bonds is 8. The smallest absolute Gasteiger partial charge is 0.154 e. The summed E-state index contributed by atoms with van der Waals surface area (Å²) in [5, 5.41) is 14.0. The van der Waals surface area contributed by atoms with Gasteiger partial charge in [0.05, 0.1) is 23.9 Å². The number of pyridine rings is 1. The summed E-state index contributed by atoms with van der Waals surface area (Å²) in [6.45, 7) is 0.772. The quantitative estimate of drug-likeness (QED) is 0.277. The van der Waals surface area contributed by atoms with E-state index < -0.39 is 23.7 Å². The molecule has 2 saturated heterocycles. The lowest BCUT2D eigenvalue weighted by atomic mass is 9.96. The van der Waals surface area contributed by atoms with E-state index in [-0.39, 0.29) is 11.8 Å². The van der Waals surface area contributed by atoms with Gasteiger partial charge in [0.1, 0.15) is 40.9 Å². The number of halogens is 1. The molecule has 5 N–H and O–H groups in total. The molecule has 0 saturated carbocycles. The molecular formula is C24H24ClN7O3S2. The number of thiazole rings is 1. The van der Waals surface area contributed by atoms with Gasteiger partial charge in [0.15, 0.2) is 5.69 Å². The summed E-state index contributed by atoms with van der Waals surface area (Å²) in [5.74, 6) is 6.62. The van der Waals surface area contributed by atoms with Crippen molar-refractivity contribution < 1.29 is 14.3 Å². The summed E-state index contributed by atoms with van der Waals surface area (Å²) in [4.78, 5) is 14.9. The number of aromatic nitrogens is 2. The first kappa shape index (κ1) is 25.9. The Morgan fingerprint density at radius 2 is 2.22 bits per heavy atom. The zero-order valence-electron chi connectivity index (χ0n) is 19.4. The fraction of sp³-hybridized carbons (Fsp3) is 0.292. The molecule has 4 heterocycles. The van der Waals surface area contributed by atoms with Crippen molar-refractivity contribution in [3.63, 3.8) is 0 Å². The van der Waals surface area contributed by atoms with Crippen LogP contribution in [0.1, 0.15) is 16.3 Å². The Labute approximate surface area is 227 Å². The van der Waals surface area contributed by atoms with Gasteiger partial charge in [-0.25, -0.2) is 15.8 Å². The third kappa shape index (κ3) is 5.90. The lowest BCUT2D eigenvalue weighted by molar-refractivity contribution is -0.183. The van der Waals surface area contributed by atoms with Crippen LogP contribution in [0.15, 0.2) is 65.3 Å². The summed E-state index contributed by atoms with van der Waals surface area (Å²) in [5.41, 5.74) is 10.3. The number of benzene rings is 1. The Balaban J connectivity index is 1.49. The molecule has 5 rings (SSSR count). The molecule has 5 unspecified atom stereocenters. The summed E-state index contributed by atoms with van der Waals surface area (Å²) >= 11 is 8.93. The molecule has 5 atom stereocenters. The van der Waals surface area contributed by atoms with Crippen LogP contribution in [0.4, 0.5) is 0 Å². The summed E-state index contributed by atoms with van der Waals surface area (Å²) in [6, 6.07) is 13.1. The van der Waals surface area contributed by atoms with Gasteiger partial charge in [-0.15, -0.1) is 11.3 Å². The molecule has 37 heavy (non-hydrogen) atoms. The van der Waals surface area contributed by atoms with Gasteiger partial charge in [-0.1, -0.05) is 53.7 Å². The van der Waals surface area contributed by atoms with Crippen molar-refractivity contribution in [2.24, 2.45) is 11.6 Å². The van der Waals surface area contributed by atoms with Gasteiger partial charge >= 0.3 is 0 Å². The number of nitrogens with one attached hydrogen (secondary N) is 1. The molecule has 0 aliphatic carbocycles. The standard InChI is InChI=1S/C24H24ClN7O3S2/c25-15-8-19(17(9-26)30-10-15)37-24-22(33-13-14-4-2-1-3-5-14)20(21-18(34-24)11-31-35-21)32(28)12-16(27)23-29-6-7-36-23/h1-8,10,12,18,20-22,24,31H,11,13,27-28H2/b16-12-. The van der Waals surface area contributed by atoms with E-state index in [2.05, 4.69) is 21.5 Å². The normalized spacial score (nSPS) is 25.4. The van der Waals surface area contributed by atoms with E-state index in [4.69, 9.17) is 37.5 Å². The number of hydroxylamine groups is 1. The molecule has 2 fully saturated rings. The van der Waals surface area contributed by atoms with Gasteiger partial charge in [0, 0.05) is 28.9 Å². The van der Waals surface area contributed by atoms with Crippen LogP contribution in [0, 0.1) is 11.3 Å². The van der Waals surface area contributed by atoms with Gasteiger partial charge in [-0.2, -0.15) is 10.7 Å². The number of fused-ring (bicyclic) bond motifs is 1. The predicted octanol–water partition coefficient (Wildman–Crippen LogP) is 2.87. The molecule has 10 nitrogen and oxygen atoms in total. The molecule has 2 aromatic heterocycles. The number of nitrogens with two attached hydrogens (primary N) is 2. The first-order valence-electron chi connectivity index (χ1n) is 11.4. The van der Waals surface area contributed by atoms with Crippen molar-refractivity contribution >= 4 is 40.4 Å². The molecule has 0 radical (unpaired) electrons. The largest absolute Gasteiger partial charge is 0.395 e. The monoisotopic (exact) mass is 557 g/mol. The fourth-order valence-electron chi connectivity index (χ4n) is 4.20. The zero-order valence-corrected chi connectivity index (χ0v) is 21.8. The number of nitrogens with zero attached hydrogens (tertiary/aromatic N) is 4. The van der Waals surface area contributed by atoms with Crippen LogP contribution in [0.2, 0.25) is 5.02 Å². The van der Waals surface area contributed by atoms with E-state index in [9.17, 15) is 5.26 Å². The number of thioether (sulfide) groups is 1. The van der Waals surface area contributed by atoms with Gasteiger partial charge < -0.3 is 20.2 Å². The lowest BCUT2D eigenvalue weighted by Gasteiger charge is -2.45. The summed E-state index contributed by atoms with van der Waals surface area (Å²) in [7, 11) is 0. The number of ether oxygens (including phenoxy) is 2. The molecule has 1 aromatic carbocycles. The molecule has 192 valence electrons. The maximum Gasteiger partial charge on any atom is 0.154 e. The highest BCUT2D eigenvalue weighted by molar-refractivity contribution is 7.99. The number of hydrogen-bond donors (Lipinski definition) is 3. The first-order chi connectivity index (χ1) is 18.0. The third-order valence-corrected chi connectivity index (χ3v) is 8.09. The minimum atomic E-state index is -0.595. The summed E-state index contributed by atoms with van der Waals surface area (Å²) in [6.07, 6.45) is 3.39. The fourth-order valence-corrected chi connectivity index (χ4v) is 6.21. The molecule has 3 aromatic rings. The van der Waals surface area contributed by atoms with Crippen LogP contribution < -0.4 is 17.1 Å². The van der Waals surface area contributed by atoms with E-state index >= 15 is 0 Å². The highest BCUT2D eigenvalue weighted by Crippen LogP contribution is 2.40. The molecule has 0 amide bonds. The maximum atomic E-state index is 9.61. The average Bonchev–Trinajstić information content (AvgIpc) is 3.60. The van der Waals surface area contributed by atoms with E-state index in [0.717, 1.165) is 5.56 Å². The minimum absolute atomic E-state index is 0.247. The highest BCUT2D eigenvalue weighted by atomic mass is 35.5. The van der Waals surface area contributed by atoms with Crippen LogP contribution in [0.25, 0.3) is 5.70 Å². The predicted molar refractivity (Wildman–Crippen MR) is 140 cm³/mol.